The summed E-state index contributed by atoms with van der Waals surface area (Å²) in [6.45, 7) is 0. The van der Waals surface area contributed by atoms with Crippen LogP contribution in [0.4, 0.5) is 0 Å². The van der Waals surface area contributed by atoms with Crippen molar-refractivity contribution >= 4 is 11.3 Å². The molecule has 98 valence electrons. The molecular weight excluding hydrogens is 264 g/mol. The summed E-state index contributed by atoms with van der Waals surface area (Å²) in [6.07, 6.45) is 10.3. The molecule has 20 heavy (non-hydrogen) atoms. The molecular formula is C17H14N2S. The molecule has 0 aliphatic heterocycles. The Labute approximate surface area is 122 Å². The van der Waals surface area contributed by atoms with Gasteiger partial charge in [-0.15, -0.1) is 11.3 Å². The van der Waals surface area contributed by atoms with E-state index in [1.54, 1.807) is 0 Å². The van der Waals surface area contributed by atoms with Gasteiger partial charge in [-0.25, -0.2) is 0 Å². The van der Waals surface area contributed by atoms with Crippen molar-refractivity contribution in [2.24, 2.45) is 0 Å². The second kappa shape index (κ2) is 4.84. The number of hydrogen-bond acceptors (Lipinski definition) is 3. The molecule has 1 saturated carbocycles. The minimum atomic E-state index is 0.747. The second-order valence-electron chi connectivity index (χ2n) is 5.14. The van der Waals surface area contributed by atoms with E-state index >= 15 is 0 Å². The third-order valence-electron chi connectivity index (χ3n) is 3.69. The fourth-order valence-corrected chi connectivity index (χ4v) is 3.54. The smallest absolute Gasteiger partial charge is 0.0367 e. The van der Waals surface area contributed by atoms with Crippen LogP contribution in [0.3, 0.4) is 0 Å². The van der Waals surface area contributed by atoms with Crippen molar-refractivity contribution in [2.75, 3.05) is 0 Å². The lowest BCUT2D eigenvalue weighted by Gasteiger charge is -2.05. The largest absolute Gasteiger partial charge is 0.264 e. The summed E-state index contributed by atoms with van der Waals surface area (Å²) in [7, 11) is 0. The van der Waals surface area contributed by atoms with Crippen molar-refractivity contribution in [1.82, 2.24) is 9.97 Å². The maximum atomic E-state index is 4.31. The van der Waals surface area contributed by atoms with Crippen LogP contribution < -0.4 is 0 Å². The Bertz CT molecular complexity index is 730. The van der Waals surface area contributed by atoms with Crippen molar-refractivity contribution in [3.8, 4) is 20.9 Å². The SMILES string of the molecule is c1cncc(-c2ccc(-c3cnccc3C3CC3)s2)c1. The quantitative estimate of drug-likeness (QED) is 0.691. The molecule has 0 spiro atoms. The lowest BCUT2D eigenvalue weighted by Crippen LogP contribution is -1.86. The van der Waals surface area contributed by atoms with Crippen LogP contribution in [0.1, 0.15) is 24.3 Å². The first-order valence-corrected chi connectivity index (χ1v) is 7.68. The average Bonchev–Trinajstić information content (AvgIpc) is 3.25. The fraction of sp³-hybridized carbons (Fsp3) is 0.176. The molecule has 3 aromatic rings. The van der Waals surface area contributed by atoms with E-state index in [9.17, 15) is 0 Å². The molecule has 0 amide bonds. The van der Waals surface area contributed by atoms with E-state index in [-0.39, 0.29) is 0 Å². The van der Waals surface area contributed by atoms with Gasteiger partial charge in [0.25, 0.3) is 0 Å². The molecule has 0 atom stereocenters. The third-order valence-corrected chi connectivity index (χ3v) is 4.86. The predicted octanol–water partition coefficient (Wildman–Crippen LogP) is 4.75. The van der Waals surface area contributed by atoms with Gasteiger partial charge in [0.15, 0.2) is 0 Å². The maximum Gasteiger partial charge on any atom is 0.0367 e. The molecule has 3 heteroatoms. The van der Waals surface area contributed by atoms with Gasteiger partial charge >= 0.3 is 0 Å². The van der Waals surface area contributed by atoms with Gasteiger partial charge in [0.05, 0.1) is 0 Å². The van der Waals surface area contributed by atoms with E-state index in [0.29, 0.717) is 0 Å². The second-order valence-corrected chi connectivity index (χ2v) is 6.23. The van der Waals surface area contributed by atoms with Gasteiger partial charge in [0, 0.05) is 45.7 Å². The molecule has 3 aromatic heterocycles. The van der Waals surface area contributed by atoms with Gasteiger partial charge in [-0.05, 0) is 48.6 Å². The predicted molar refractivity (Wildman–Crippen MR) is 82.8 cm³/mol. The van der Waals surface area contributed by atoms with E-state index in [1.165, 1.54) is 39.3 Å². The van der Waals surface area contributed by atoms with E-state index in [0.717, 1.165) is 5.92 Å². The first-order valence-electron chi connectivity index (χ1n) is 6.86. The normalized spacial score (nSPS) is 14.4. The molecule has 0 N–H and O–H groups in total. The van der Waals surface area contributed by atoms with Crippen molar-refractivity contribution in [3.63, 3.8) is 0 Å². The Kier molecular flexibility index (Phi) is 2.85. The highest BCUT2D eigenvalue weighted by Crippen LogP contribution is 2.45. The Morgan fingerprint density at radius 1 is 0.900 bits per heavy atom. The van der Waals surface area contributed by atoms with Crippen LogP contribution >= 0.6 is 11.3 Å². The van der Waals surface area contributed by atoms with E-state index < -0.39 is 0 Å². The third kappa shape index (κ3) is 2.14. The first-order chi connectivity index (χ1) is 9.92. The van der Waals surface area contributed by atoms with Crippen molar-refractivity contribution in [3.05, 3.63) is 60.7 Å². The number of thiophene rings is 1. The Balaban J connectivity index is 1.75. The molecule has 0 radical (unpaired) electrons. The van der Waals surface area contributed by atoms with Gasteiger partial charge in [-0.1, -0.05) is 6.07 Å². The van der Waals surface area contributed by atoms with E-state index in [4.69, 9.17) is 0 Å². The van der Waals surface area contributed by atoms with Crippen LogP contribution in [-0.4, -0.2) is 9.97 Å². The fourth-order valence-electron chi connectivity index (χ4n) is 2.51. The first kappa shape index (κ1) is 11.8. The number of pyridine rings is 2. The molecule has 1 aliphatic carbocycles. The molecule has 0 bridgehead atoms. The summed E-state index contributed by atoms with van der Waals surface area (Å²) in [5, 5.41) is 0. The van der Waals surface area contributed by atoms with Crippen molar-refractivity contribution in [1.29, 1.82) is 0 Å². The van der Waals surface area contributed by atoms with Crippen LogP contribution in [0.15, 0.2) is 55.1 Å². The summed E-state index contributed by atoms with van der Waals surface area (Å²) in [6, 6.07) is 10.6. The Morgan fingerprint density at radius 2 is 1.75 bits per heavy atom. The van der Waals surface area contributed by atoms with Gasteiger partial charge in [-0.2, -0.15) is 0 Å². The lowest BCUT2D eigenvalue weighted by atomic mass is 10.1. The topological polar surface area (TPSA) is 25.8 Å². The zero-order valence-corrected chi connectivity index (χ0v) is 11.8. The van der Waals surface area contributed by atoms with Gasteiger partial charge < -0.3 is 0 Å². The highest BCUT2D eigenvalue weighted by molar-refractivity contribution is 7.18. The highest BCUT2D eigenvalue weighted by atomic mass is 32.1. The van der Waals surface area contributed by atoms with Crippen molar-refractivity contribution in [2.45, 2.75) is 18.8 Å². The summed E-state index contributed by atoms with van der Waals surface area (Å²) >= 11 is 1.82. The Morgan fingerprint density at radius 3 is 2.55 bits per heavy atom. The minimum absolute atomic E-state index is 0.747. The highest BCUT2D eigenvalue weighted by Gasteiger charge is 2.26. The maximum absolute atomic E-state index is 4.31. The summed E-state index contributed by atoms with van der Waals surface area (Å²) in [5.74, 6) is 0.747. The average molecular weight is 278 g/mol. The summed E-state index contributed by atoms with van der Waals surface area (Å²) < 4.78 is 0. The monoisotopic (exact) mass is 278 g/mol. The van der Waals surface area contributed by atoms with E-state index in [1.807, 2.05) is 42.2 Å². The zero-order chi connectivity index (χ0) is 13.4. The molecule has 4 rings (SSSR count). The van der Waals surface area contributed by atoms with Crippen LogP contribution in [0.2, 0.25) is 0 Å². The molecule has 3 heterocycles. The Hall–Kier alpha value is -2.00. The van der Waals surface area contributed by atoms with Gasteiger partial charge in [0.1, 0.15) is 0 Å². The standard InChI is InChI=1S/C17H14N2S/c1-2-13(10-18-8-1)16-5-6-17(20-16)15-11-19-9-7-14(15)12-3-4-12/h1-2,5-12H,3-4H2. The molecule has 1 fully saturated rings. The zero-order valence-electron chi connectivity index (χ0n) is 11.0. The van der Waals surface area contributed by atoms with Crippen LogP contribution in [0.5, 0.6) is 0 Å². The lowest BCUT2D eigenvalue weighted by molar-refractivity contribution is 1.11. The minimum Gasteiger partial charge on any atom is -0.264 e. The van der Waals surface area contributed by atoms with Crippen LogP contribution in [0.25, 0.3) is 20.9 Å². The van der Waals surface area contributed by atoms with Crippen LogP contribution in [-0.2, 0) is 0 Å². The van der Waals surface area contributed by atoms with Gasteiger partial charge in [-0.3, -0.25) is 9.97 Å². The summed E-state index contributed by atoms with van der Waals surface area (Å²) in [4.78, 5) is 11.1. The summed E-state index contributed by atoms with van der Waals surface area (Å²) in [5.41, 5.74) is 3.94. The molecule has 2 nitrogen and oxygen atoms in total. The number of rotatable bonds is 3. The molecule has 0 aromatic carbocycles. The van der Waals surface area contributed by atoms with Crippen LogP contribution in [0, 0.1) is 0 Å². The molecule has 0 unspecified atom stereocenters. The number of hydrogen-bond donors (Lipinski definition) is 0. The van der Waals surface area contributed by atoms with Crippen molar-refractivity contribution < 1.29 is 0 Å². The van der Waals surface area contributed by atoms with Gasteiger partial charge in [0.2, 0.25) is 0 Å². The van der Waals surface area contributed by atoms with E-state index in [2.05, 4.69) is 34.2 Å². The number of aromatic nitrogens is 2. The molecule has 1 aliphatic rings. The molecule has 0 saturated heterocycles. The number of nitrogens with zero attached hydrogens (tertiary/aromatic N) is 2.